The molecule has 0 N–H and O–H groups in total. The van der Waals surface area contributed by atoms with Gasteiger partial charge in [-0.3, -0.25) is 4.79 Å². The van der Waals surface area contributed by atoms with E-state index in [9.17, 15) is 9.59 Å². The molecule has 0 spiro atoms. The van der Waals surface area contributed by atoms with Crippen molar-refractivity contribution in [3.8, 4) is 0 Å². The zero-order valence-corrected chi connectivity index (χ0v) is 11.4. The van der Waals surface area contributed by atoms with Crippen LogP contribution in [0.25, 0.3) is 6.08 Å². The van der Waals surface area contributed by atoms with Gasteiger partial charge in [0.15, 0.2) is 5.78 Å². The monoisotopic (exact) mass is 278 g/mol. The highest BCUT2D eigenvalue weighted by atomic mass is 16.5. The highest BCUT2D eigenvalue weighted by Crippen LogP contribution is 2.32. The lowest BCUT2D eigenvalue weighted by atomic mass is 10.0. The number of carbonyl (C=O) groups is 2. The number of hydrogen-bond donors (Lipinski definition) is 0. The summed E-state index contributed by atoms with van der Waals surface area (Å²) in [6, 6.07) is 16.8. The van der Waals surface area contributed by atoms with Gasteiger partial charge in [0, 0.05) is 5.56 Å². The first-order chi connectivity index (χ1) is 10.2. The molecule has 1 atom stereocenters. The summed E-state index contributed by atoms with van der Waals surface area (Å²) in [6.07, 6.45) is 3.00. The van der Waals surface area contributed by atoms with E-state index < -0.39 is 6.10 Å². The second-order valence-corrected chi connectivity index (χ2v) is 4.90. The van der Waals surface area contributed by atoms with E-state index in [1.807, 2.05) is 42.5 Å². The molecule has 0 unspecified atom stereocenters. The Morgan fingerprint density at radius 1 is 1.05 bits per heavy atom. The molecule has 0 radical (unpaired) electrons. The Morgan fingerprint density at radius 2 is 1.76 bits per heavy atom. The molecule has 1 heterocycles. The summed E-state index contributed by atoms with van der Waals surface area (Å²) in [5, 5.41) is 0. The molecule has 21 heavy (non-hydrogen) atoms. The van der Waals surface area contributed by atoms with E-state index in [1.165, 1.54) is 6.08 Å². The van der Waals surface area contributed by atoms with Gasteiger partial charge in [-0.15, -0.1) is 0 Å². The molecule has 0 amide bonds. The summed E-state index contributed by atoms with van der Waals surface area (Å²) in [7, 11) is 0. The Balaban J connectivity index is 1.69. The van der Waals surface area contributed by atoms with Gasteiger partial charge in [0.2, 0.25) is 0 Å². The first kappa shape index (κ1) is 13.3. The van der Waals surface area contributed by atoms with Crippen molar-refractivity contribution in [2.45, 2.75) is 12.5 Å². The lowest BCUT2D eigenvalue weighted by Gasteiger charge is -2.07. The number of rotatable bonds is 4. The molecule has 3 heteroatoms. The first-order valence-electron chi connectivity index (χ1n) is 6.80. The molecule has 0 aromatic heterocycles. The van der Waals surface area contributed by atoms with E-state index in [0.717, 1.165) is 11.1 Å². The third-order valence-electron chi connectivity index (χ3n) is 3.42. The van der Waals surface area contributed by atoms with Crippen molar-refractivity contribution in [3.63, 3.8) is 0 Å². The highest BCUT2D eigenvalue weighted by Gasteiger charge is 2.31. The van der Waals surface area contributed by atoms with E-state index >= 15 is 0 Å². The number of benzene rings is 2. The number of fused-ring (bicyclic) bond motifs is 1. The molecule has 2 aromatic carbocycles. The van der Waals surface area contributed by atoms with Gasteiger partial charge in [-0.1, -0.05) is 54.6 Å². The minimum absolute atomic E-state index is 0.0617. The Kier molecular flexibility index (Phi) is 3.65. The van der Waals surface area contributed by atoms with Gasteiger partial charge in [0.05, 0.1) is 12.0 Å². The van der Waals surface area contributed by atoms with Crippen LogP contribution in [0.1, 0.15) is 34.0 Å². The van der Waals surface area contributed by atoms with Crippen molar-refractivity contribution in [3.05, 3.63) is 77.4 Å². The predicted octanol–water partition coefficient (Wildman–Crippen LogP) is 3.57. The zero-order valence-electron chi connectivity index (χ0n) is 11.4. The van der Waals surface area contributed by atoms with Crippen LogP contribution in [-0.2, 0) is 9.53 Å². The minimum atomic E-state index is -0.471. The minimum Gasteiger partial charge on any atom is -0.453 e. The lowest BCUT2D eigenvalue weighted by molar-refractivity contribution is -0.116. The second kappa shape index (κ2) is 5.75. The molecule has 3 rings (SSSR count). The Hall–Kier alpha value is -2.68. The van der Waals surface area contributed by atoms with Crippen molar-refractivity contribution in [2.75, 3.05) is 0 Å². The molecule has 2 aromatic rings. The number of allylic oxidation sites excluding steroid dienone is 1. The van der Waals surface area contributed by atoms with Gasteiger partial charge in [-0.25, -0.2) is 4.79 Å². The average Bonchev–Trinajstić information content (AvgIpc) is 2.83. The van der Waals surface area contributed by atoms with Gasteiger partial charge in [-0.2, -0.15) is 0 Å². The van der Waals surface area contributed by atoms with Crippen molar-refractivity contribution in [2.24, 2.45) is 0 Å². The summed E-state index contributed by atoms with van der Waals surface area (Å²) in [6.45, 7) is 0. The van der Waals surface area contributed by atoms with Gasteiger partial charge >= 0.3 is 5.97 Å². The fourth-order valence-corrected chi connectivity index (χ4v) is 2.38. The van der Waals surface area contributed by atoms with Gasteiger partial charge in [-0.05, 0) is 17.7 Å². The molecule has 0 saturated carbocycles. The summed E-state index contributed by atoms with van der Waals surface area (Å²) in [4.78, 5) is 23.7. The van der Waals surface area contributed by atoms with E-state index in [2.05, 4.69) is 0 Å². The number of esters is 1. The molecular weight excluding hydrogens is 264 g/mol. The molecule has 0 saturated heterocycles. The standard InChI is InChI=1S/C18H14O3/c19-14(11-10-13-6-2-1-3-7-13)12-17-15-8-4-5-9-16(15)18(20)21-17/h1-11,17H,12H2/b11-10+/t17-/m0/s1. The molecular formula is C18H14O3. The number of ketones is 1. The fourth-order valence-electron chi connectivity index (χ4n) is 2.38. The quantitative estimate of drug-likeness (QED) is 0.634. The van der Waals surface area contributed by atoms with Crippen LogP contribution in [0.5, 0.6) is 0 Å². The second-order valence-electron chi connectivity index (χ2n) is 4.90. The van der Waals surface area contributed by atoms with Crippen LogP contribution in [-0.4, -0.2) is 11.8 Å². The van der Waals surface area contributed by atoms with Crippen molar-refractivity contribution >= 4 is 17.8 Å². The topological polar surface area (TPSA) is 43.4 Å². The van der Waals surface area contributed by atoms with Crippen LogP contribution in [0.4, 0.5) is 0 Å². The van der Waals surface area contributed by atoms with E-state index in [4.69, 9.17) is 4.74 Å². The molecule has 104 valence electrons. The molecule has 0 fully saturated rings. The van der Waals surface area contributed by atoms with E-state index in [0.29, 0.717) is 5.56 Å². The number of cyclic esters (lactones) is 1. The Morgan fingerprint density at radius 3 is 2.57 bits per heavy atom. The molecule has 0 bridgehead atoms. The average molecular weight is 278 g/mol. The maximum atomic E-state index is 12.0. The SMILES string of the molecule is O=C(/C=C/c1ccccc1)C[C@@H]1OC(=O)c2ccccc21. The summed E-state index contributed by atoms with van der Waals surface area (Å²) < 4.78 is 5.26. The summed E-state index contributed by atoms with van der Waals surface area (Å²) in [5.41, 5.74) is 2.32. The summed E-state index contributed by atoms with van der Waals surface area (Å²) >= 11 is 0. The largest absolute Gasteiger partial charge is 0.453 e. The first-order valence-corrected chi connectivity index (χ1v) is 6.80. The van der Waals surface area contributed by atoms with Crippen LogP contribution in [0.2, 0.25) is 0 Å². The number of ether oxygens (including phenoxy) is 1. The van der Waals surface area contributed by atoms with E-state index in [1.54, 1.807) is 18.2 Å². The van der Waals surface area contributed by atoms with Crippen LogP contribution in [0.15, 0.2) is 60.7 Å². The smallest absolute Gasteiger partial charge is 0.339 e. The van der Waals surface area contributed by atoms with Crippen molar-refractivity contribution in [1.29, 1.82) is 0 Å². The molecule has 3 nitrogen and oxygen atoms in total. The highest BCUT2D eigenvalue weighted by molar-refractivity contribution is 5.97. The lowest BCUT2D eigenvalue weighted by Crippen LogP contribution is -2.04. The summed E-state index contributed by atoms with van der Waals surface area (Å²) in [5.74, 6) is -0.413. The van der Waals surface area contributed by atoms with Crippen LogP contribution >= 0.6 is 0 Å². The molecule has 1 aliphatic heterocycles. The van der Waals surface area contributed by atoms with Crippen LogP contribution < -0.4 is 0 Å². The number of hydrogen-bond acceptors (Lipinski definition) is 3. The van der Waals surface area contributed by atoms with Gasteiger partial charge in [0.1, 0.15) is 6.10 Å². The predicted molar refractivity (Wildman–Crippen MR) is 79.7 cm³/mol. The van der Waals surface area contributed by atoms with Crippen LogP contribution in [0.3, 0.4) is 0 Å². The van der Waals surface area contributed by atoms with E-state index in [-0.39, 0.29) is 18.2 Å². The fraction of sp³-hybridized carbons (Fsp3) is 0.111. The Bertz CT molecular complexity index is 701. The van der Waals surface area contributed by atoms with Crippen LogP contribution in [0, 0.1) is 0 Å². The molecule has 1 aliphatic rings. The van der Waals surface area contributed by atoms with Gasteiger partial charge in [0.25, 0.3) is 0 Å². The molecule has 0 aliphatic carbocycles. The maximum Gasteiger partial charge on any atom is 0.339 e. The third-order valence-corrected chi connectivity index (χ3v) is 3.42. The maximum absolute atomic E-state index is 12.0. The normalized spacial score (nSPS) is 16.8. The number of carbonyl (C=O) groups excluding carboxylic acids is 2. The van der Waals surface area contributed by atoms with Gasteiger partial charge < -0.3 is 4.74 Å². The third kappa shape index (κ3) is 2.92. The van der Waals surface area contributed by atoms with Crippen molar-refractivity contribution in [1.82, 2.24) is 0 Å². The van der Waals surface area contributed by atoms with Crippen molar-refractivity contribution < 1.29 is 14.3 Å². The Labute approximate surface area is 122 Å². The zero-order chi connectivity index (χ0) is 14.7.